The summed E-state index contributed by atoms with van der Waals surface area (Å²) < 4.78 is 27.1. The van der Waals surface area contributed by atoms with Gasteiger partial charge >= 0.3 is 0 Å². The SMILES string of the molecule is CNC(Cc1ccc(Cl)c(Cl)c1)c1cc(F)ccc1F. The molecule has 0 aliphatic carbocycles. The predicted molar refractivity (Wildman–Crippen MR) is 78.3 cm³/mol. The van der Waals surface area contributed by atoms with Crippen molar-refractivity contribution in [3.63, 3.8) is 0 Å². The zero-order valence-corrected chi connectivity index (χ0v) is 12.3. The second-order valence-electron chi connectivity index (χ2n) is 4.46. The van der Waals surface area contributed by atoms with E-state index in [1.54, 1.807) is 19.2 Å². The van der Waals surface area contributed by atoms with Gasteiger partial charge in [0.1, 0.15) is 11.6 Å². The van der Waals surface area contributed by atoms with Gasteiger partial charge in [0.2, 0.25) is 0 Å². The fourth-order valence-corrected chi connectivity index (χ4v) is 2.37. The number of rotatable bonds is 4. The molecule has 0 heterocycles. The Kier molecular flexibility index (Phi) is 4.97. The van der Waals surface area contributed by atoms with E-state index in [1.807, 2.05) is 6.07 Å². The summed E-state index contributed by atoms with van der Waals surface area (Å²) in [6, 6.07) is 8.32. The largest absolute Gasteiger partial charge is 0.313 e. The Bertz CT molecular complexity index is 617. The zero-order chi connectivity index (χ0) is 14.7. The lowest BCUT2D eigenvalue weighted by atomic mass is 9.98. The van der Waals surface area contributed by atoms with Crippen LogP contribution in [0, 0.1) is 11.6 Å². The van der Waals surface area contributed by atoms with E-state index in [4.69, 9.17) is 23.2 Å². The Hall–Kier alpha value is -1.16. The summed E-state index contributed by atoms with van der Waals surface area (Å²) in [6.45, 7) is 0. The molecule has 0 aliphatic heterocycles. The van der Waals surface area contributed by atoms with Crippen LogP contribution in [0.5, 0.6) is 0 Å². The van der Waals surface area contributed by atoms with Crippen LogP contribution < -0.4 is 5.32 Å². The molecule has 0 saturated carbocycles. The summed E-state index contributed by atoms with van der Waals surface area (Å²) in [4.78, 5) is 0. The molecule has 0 bridgehead atoms. The maximum Gasteiger partial charge on any atom is 0.128 e. The van der Waals surface area contributed by atoms with Gasteiger partial charge in [0.25, 0.3) is 0 Å². The van der Waals surface area contributed by atoms with Crippen molar-refractivity contribution in [1.82, 2.24) is 5.32 Å². The van der Waals surface area contributed by atoms with Gasteiger partial charge in [-0.2, -0.15) is 0 Å². The molecule has 0 aromatic heterocycles. The summed E-state index contributed by atoms with van der Waals surface area (Å²) in [5.41, 5.74) is 1.18. The summed E-state index contributed by atoms with van der Waals surface area (Å²) in [6.07, 6.45) is 0.480. The molecule has 5 heteroatoms. The maximum atomic E-state index is 13.8. The Morgan fingerprint density at radius 2 is 1.80 bits per heavy atom. The highest BCUT2D eigenvalue weighted by Crippen LogP contribution is 2.26. The molecule has 1 atom stereocenters. The summed E-state index contributed by atoms with van der Waals surface area (Å²) in [7, 11) is 1.70. The van der Waals surface area contributed by atoms with Gasteiger partial charge in [0.15, 0.2) is 0 Å². The van der Waals surface area contributed by atoms with E-state index in [0.29, 0.717) is 22.0 Å². The van der Waals surface area contributed by atoms with E-state index in [9.17, 15) is 8.78 Å². The van der Waals surface area contributed by atoms with Gasteiger partial charge in [0, 0.05) is 11.6 Å². The average molecular weight is 316 g/mol. The molecule has 0 amide bonds. The minimum absolute atomic E-state index is 0.290. The van der Waals surface area contributed by atoms with Crippen molar-refractivity contribution in [1.29, 1.82) is 0 Å². The number of likely N-dealkylation sites (N-methyl/N-ethyl adjacent to an activating group) is 1. The van der Waals surface area contributed by atoms with Crippen LogP contribution in [0.25, 0.3) is 0 Å². The lowest BCUT2D eigenvalue weighted by Gasteiger charge is -2.18. The predicted octanol–water partition coefficient (Wildman–Crippen LogP) is 4.77. The van der Waals surface area contributed by atoms with Gasteiger partial charge in [-0.15, -0.1) is 0 Å². The van der Waals surface area contributed by atoms with Gasteiger partial charge < -0.3 is 5.32 Å². The van der Waals surface area contributed by atoms with Crippen molar-refractivity contribution >= 4 is 23.2 Å². The van der Waals surface area contributed by atoms with Crippen LogP contribution in [0.4, 0.5) is 8.78 Å². The first-order valence-corrected chi connectivity index (χ1v) is 6.83. The standard InChI is InChI=1S/C15H13Cl2F2N/c1-20-15(11-8-10(18)3-5-14(11)19)7-9-2-4-12(16)13(17)6-9/h2-6,8,15,20H,7H2,1H3. The van der Waals surface area contributed by atoms with Gasteiger partial charge in [-0.3, -0.25) is 0 Å². The monoisotopic (exact) mass is 315 g/mol. The highest BCUT2D eigenvalue weighted by atomic mass is 35.5. The van der Waals surface area contributed by atoms with E-state index < -0.39 is 11.6 Å². The Balaban J connectivity index is 2.28. The summed E-state index contributed by atoms with van der Waals surface area (Å²) in [5.74, 6) is -0.901. The molecule has 0 spiro atoms. The minimum atomic E-state index is -0.462. The van der Waals surface area contributed by atoms with Crippen LogP contribution in [-0.4, -0.2) is 7.05 Å². The number of halogens is 4. The van der Waals surface area contributed by atoms with Gasteiger partial charge in [0.05, 0.1) is 10.0 Å². The van der Waals surface area contributed by atoms with E-state index in [1.165, 1.54) is 6.07 Å². The fraction of sp³-hybridized carbons (Fsp3) is 0.200. The summed E-state index contributed by atoms with van der Waals surface area (Å²) in [5, 5.41) is 3.90. The molecule has 0 saturated heterocycles. The van der Waals surface area contributed by atoms with Gasteiger partial charge in [-0.1, -0.05) is 29.3 Å². The van der Waals surface area contributed by atoms with E-state index in [-0.39, 0.29) is 6.04 Å². The zero-order valence-electron chi connectivity index (χ0n) is 10.8. The average Bonchev–Trinajstić information content (AvgIpc) is 2.43. The molecule has 1 nitrogen and oxygen atoms in total. The third-order valence-corrected chi connectivity index (χ3v) is 3.84. The molecule has 0 radical (unpaired) electrons. The van der Waals surface area contributed by atoms with Crippen LogP contribution in [0.15, 0.2) is 36.4 Å². The van der Waals surface area contributed by atoms with Crippen molar-refractivity contribution in [2.45, 2.75) is 12.5 Å². The van der Waals surface area contributed by atoms with Crippen LogP contribution in [0.3, 0.4) is 0 Å². The van der Waals surface area contributed by atoms with Crippen LogP contribution >= 0.6 is 23.2 Å². The van der Waals surface area contributed by atoms with Crippen LogP contribution in [0.2, 0.25) is 10.0 Å². The lowest BCUT2D eigenvalue weighted by molar-refractivity contribution is 0.523. The van der Waals surface area contributed by atoms with Crippen molar-refractivity contribution < 1.29 is 8.78 Å². The Morgan fingerprint density at radius 1 is 1.05 bits per heavy atom. The second kappa shape index (κ2) is 6.53. The molecule has 0 aliphatic rings. The van der Waals surface area contributed by atoms with E-state index >= 15 is 0 Å². The van der Waals surface area contributed by atoms with Crippen molar-refractivity contribution in [2.75, 3.05) is 7.05 Å². The minimum Gasteiger partial charge on any atom is -0.313 e. The van der Waals surface area contributed by atoms with Crippen molar-refractivity contribution in [3.8, 4) is 0 Å². The van der Waals surface area contributed by atoms with Crippen LogP contribution in [0.1, 0.15) is 17.2 Å². The number of benzene rings is 2. The quantitative estimate of drug-likeness (QED) is 0.856. The lowest BCUT2D eigenvalue weighted by Crippen LogP contribution is -2.20. The first kappa shape index (κ1) is 15.2. The molecule has 2 aromatic carbocycles. The van der Waals surface area contributed by atoms with Crippen molar-refractivity contribution in [3.05, 3.63) is 69.2 Å². The Labute approximate surface area is 126 Å². The normalized spacial score (nSPS) is 12.4. The Morgan fingerprint density at radius 3 is 2.45 bits per heavy atom. The smallest absolute Gasteiger partial charge is 0.128 e. The van der Waals surface area contributed by atoms with Crippen molar-refractivity contribution in [2.24, 2.45) is 0 Å². The molecule has 0 fully saturated rings. The molecule has 106 valence electrons. The third kappa shape index (κ3) is 3.48. The van der Waals surface area contributed by atoms with Crippen LogP contribution in [-0.2, 0) is 6.42 Å². The highest BCUT2D eigenvalue weighted by Gasteiger charge is 2.16. The second-order valence-corrected chi connectivity index (χ2v) is 5.27. The maximum absolute atomic E-state index is 13.8. The number of hydrogen-bond donors (Lipinski definition) is 1. The molecule has 2 aromatic rings. The molecular formula is C15H13Cl2F2N. The molecule has 2 rings (SSSR count). The van der Waals surface area contributed by atoms with E-state index in [2.05, 4.69) is 5.32 Å². The number of hydrogen-bond acceptors (Lipinski definition) is 1. The van der Waals surface area contributed by atoms with E-state index in [0.717, 1.165) is 17.7 Å². The fourth-order valence-electron chi connectivity index (χ4n) is 2.05. The first-order valence-electron chi connectivity index (χ1n) is 6.07. The van der Waals surface area contributed by atoms with Gasteiger partial charge in [-0.25, -0.2) is 8.78 Å². The molecule has 20 heavy (non-hydrogen) atoms. The summed E-state index contributed by atoms with van der Waals surface area (Å²) >= 11 is 11.8. The van der Waals surface area contributed by atoms with Gasteiger partial charge in [-0.05, 0) is 49.4 Å². The third-order valence-electron chi connectivity index (χ3n) is 3.11. The molecular weight excluding hydrogens is 303 g/mol. The molecule has 1 unspecified atom stereocenters. The highest BCUT2D eigenvalue weighted by molar-refractivity contribution is 6.42. The topological polar surface area (TPSA) is 12.0 Å². The number of nitrogens with one attached hydrogen (secondary N) is 1. The first-order chi connectivity index (χ1) is 9.51. The molecule has 1 N–H and O–H groups in total.